The van der Waals surface area contributed by atoms with Crippen molar-refractivity contribution in [2.24, 2.45) is 0 Å². The summed E-state index contributed by atoms with van der Waals surface area (Å²) in [5.74, 6) is -0.314. The van der Waals surface area contributed by atoms with Gasteiger partial charge in [0.05, 0.1) is 13.3 Å². The van der Waals surface area contributed by atoms with Crippen LogP contribution in [-0.4, -0.2) is 27.8 Å². The number of carbonyl (C=O) groups is 1. The third kappa shape index (κ3) is 2.33. The largest absolute Gasteiger partial charge is 0.467 e. The molecule has 2 aromatic rings. The third-order valence-electron chi connectivity index (χ3n) is 2.54. The molecular formula is C12H13N3O2. The van der Waals surface area contributed by atoms with Crippen molar-refractivity contribution in [2.45, 2.75) is 13.0 Å². The zero-order valence-electron chi connectivity index (χ0n) is 9.70. The highest BCUT2D eigenvalue weighted by molar-refractivity contribution is 5.73. The number of hydrogen-bond acceptors (Lipinski definition) is 4. The van der Waals surface area contributed by atoms with E-state index < -0.39 is 6.04 Å². The molecule has 0 spiro atoms. The number of rotatable bonds is 3. The Balaban J connectivity index is 2.25. The maximum absolute atomic E-state index is 11.4. The van der Waals surface area contributed by atoms with E-state index in [1.54, 1.807) is 36.4 Å². The standard InChI is InChI=1S/C12H13N3O2/c1-9(12(16)17-2)15-8-11(7-14-15)10-4-3-5-13-6-10/h3-9H,1-2H3. The Morgan fingerprint density at radius 3 is 2.88 bits per heavy atom. The van der Waals surface area contributed by atoms with Gasteiger partial charge in [0.15, 0.2) is 0 Å². The van der Waals surface area contributed by atoms with Crippen molar-refractivity contribution < 1.29 is 9.53 Å². The molecule has 2 aromatic heterocycles. The fraction of sp³-hybridized carbons (Fsp3) is 0.250. The number of nitrogens with zero attached hydrogens (tertiary/aromatic N) is 3. The highest BCUT2D eigenvalue weighted by Gasteiger charge is 2.16. The summed E-state index contributed by atoms with van der Waals surface area (Å²) in [5.41, 5.74) is 1.89. The van der Waals surface area contributed by atoms with Crippen LogP contribution < -0.4 is 0 Å². The molecule has 0 saturated heterocycles. The molecule has 0 amide bonds. The Morgan fingerprint density at radius 1 is 1.41 bits per heavy atom. The van der Waals surface area contributed by atoms with Crippen LogP contribution in [0.3, 0.4) is 0 Å². The SMILES string of the molecule is COC(=O)C(C)n1cc(-c2cccnc2)cn1. The van der Waals surface area contributed by atoms with E-state index >= 15 is 0 Å². The lowest BCUT2D eigenvalue weighted by atomic mass is 10.2. The fourth-order valence-electron chi connectivity index (χ4n) is 1.51. The molecule has 1 unspecified atom stereocenters. The summed E-state index contributed by atoms with van der Waals surface area (Å²) in [6, 6.07) is 3.37. The quantitative estimate of drug-likeness (QED) is 0.754. The maximum atomic E-state index is 11.4. The van der Waals surface area contributed by atoms with Crippen LogP contribution in [0.4, 0.5) is 0 Å². The van der Waals surface area contributed by atoms with Crippen LogP contribution in [0.25, 0.3) is 11.1 Å². The predicted octanol–water partition coefficient (Wildman–Crippen LogP) is 1.68. The molecule has 0 radical (unpaired) electrons. The molecular weight excluding hydrogens is 218 g/mol. The van der Waals surface area contributed by atoms with Crippen molar-refractivity contribution in [1.82, 2.24) is 14.8 Å². The van der Waals surface area contributed by atoms with Crippen LogP contribution in [0, 0.1) is 0 Å². The van der Waals surface area contributed by atoms with Crippen LogP contribution in [0.2, 0.25) is 0 Å². The number of ether oxygens (including phenoxy) is 1. The fourth-order valence-corrected chi connectivity index (χ4v) is 1.51. The van der Waals surface area contributed by atoms with Gasteiger partial charge in [0.1, 0.15) is 6.04 Å². The smallest absolute Gasteiger partial charge is 0.330 e. The van der Waals surface area contributed by atoms with Crippen LogP contribution in [-0.2, 0) is 9.53 Å². The van der Waals surface area contributed by atoms with Crippen molar-refractivity contribution in [2.75, 3.05) is 7.11 Å². The molecule has 0 aromatic carbocycles. The molecule has 0 aliphatic rings. The normalized spacial score (nSPS) is 12.1. The molecule has 5 nitrogen and oxygen atoms in total. The van der Waals surface area contributed by atoms with Crippen molar-refractivity contribution in [1.29, 1.82) is 0 Å². The summed E-state index contributed by atoms with van der Waals surface area (Å²) in [6.07, 6.45) is 6.98. The minimum atomic E-state index is -0.426. The summed E-state index contributed by atoms with van der Waals surface area (Å²) in [6.45, 7) is 1.74. The average molecular weight is 231 g/mol. The Kier molecular flexibility index (Phi) is 3.18. The molecule has 0 bridgehead atoms. The zero-order chi connectivity index (χ0) is 12.3. The lowest BCUT2D eigenvalue weighted by molar-refractivity contribution is -0.144. The van der Waals surface area contributed by atoms with Gasteiger partial charge in [-0.2, -0.15) is 5.10 Å². The summed E-state index contributed by atoms with van der Waals surface area (Å²) in [4.78, 5) is 15.4. The van der Waals surface area contributed by atoms with Gasteiger partial charge in [0.2, 0.25) is 0 Å². The topological polar surface area (TPSA) is 57.0 Å². The van der Waals surface area contributed by atoms with Crippen molar-refractivity contribution in [3.8, 4) is 11.1 Å². The average Bonchev–Trinajstić information content (AvgIpc) is 2.87. The first-order valence-electron chi connectivity index (χ1n) is 5.24. The van der Waals surface area contributed by atoms with E-state index in [9.17, 15) is 4.79 Å². The molecule has 0 N–H and O–H groups in total. The van der Waals surface area contributed by atoms with E-state index in [1.807, 2.05) is 12.1 Å². The van der Waals surface area contributed by atoms with Crippen molar-refractivity contribution in [3.05, 3.63) is 36.9 Å². The molecule has 88 valence electrons. The van der Waals surface area contributed by atoms with Crippen LogP contribution in [0.15, 0.2) is 36.9 Å². The highest BCUT2D eigenvalue weighted by atomic mass is 16.5. The van der Waals surface area contributed by atoms with Gasteiger partial charge in [-0.15, -0.1) is 0 Å². The Bertz CT molecular complexity index is 507. The van der Waals surface area contributed by atoms with E-state index in [0.29, 0.717) is 0 Å². The number of esters is 1. The van der Waals surface area contributed by atoms with Gasteiger partial charge in [0, 0.05) is 29.7 Å². The molecule has 5 heteroatoms. The summed E-state index contributed by atoms with van der Waals surface area (Å²) < 4.78 is 6.25. The second-order valence-electron chi connectivity index (χ2n) is 3.65. The molecule has 17 heavy (non-hydrogen) atoms. The monoisotopic (exact) mass is 231 g/mol. The van der Waals surface area contributed by atoms with Crippen molar-refractivity contribution >= 4 is 5.97 Å². The minimum absolute atomic E-state index is 0.314. The molecule has 0 aliphatic heterocycles. The Morgan fingerprint density at radius 2 is 2.24 bits per heavy atom. The Hall–Kier alpha value is -2.17. The number of aromatic nitrogens is 3. The van der Waals surface area contributed by atoms with Gasteiger partial charge in [-0.3, -0.25) is 9.67 Å². The molecule has 1 atom stereocenters. The minimum Gasteiger partial charge on any atom is -0.467 e. The van der Waals surface area contributed by atoms with Gasteiger partial charge in [0.25, 0.3) is 0 Å². The predicted molar refractivity (Wildman–Crippen MR) is 62.2 cm³/mol. The van der Waals surface area contributed by atoms with Gasteiger partial charge < -0.3 is 4.74 Å². The molecule has 0 aliphatic carbocycles. The van der Waals surface area contributed by atoms with E-state index in [4.69, 9.17) is 0 Å². The van der Waals surface area contributed by atoms with Crippen LogP contribution in [0.5, 0.6) is 0 Å². The van der Waals surface area contributed by atoms with Crippen LogP contribution >= 0.6 is 0 Å². The molecule has 0 fully saturated rings. The zero-order valence-corrected chi connectivity index (χ0v) is 9.70. The number of carbonyl (C=O) groups excluding carboxylic acids is 1. The molecule has 2 rings (SSSR count). The first kappa shape index (κ1) is 11.3. The second kappa shape index (κ2) is 4.78. The van der Waals surface area contributed by atoms with Gasteiger partial charge in [-0.05, 0) is 13.0 Å². The van der Waals surface area contributed by atoms with E-state index in [-0.39, 0.29) is 5.97 Å². The van der Waals surface area contributed by atoms with Crippen LogP contribution in [0.1, 0.15) is 13.0 Å². The first-order chi connectivity index (χ1) is 8.22. The number of pyridine rings is 1. The summed E-state index contributed by atoms with van der Waals surface area (Å²) in [5, 5.41) is 4.15. The van der Waals surface area contributed by atoms with Gasteiger partial charge >= 0.3 is 5.97 Å². The lowest BCUT2D eigenvalue weighted by Gasteiger charge is -2.08. The number of hydrogen-bond donors (Lipinski definition) is 0. The Labute approximate surface area is 99.1 Å². The molecule has 2 heterocycles. The number of methoxy groups -OCH3 is 1. The highest BCUT2D eigenvalue weighted by Crippen LogP contribution is 2.18. The van der Waals surface area contributed by atoms with Crippen molar-refractivity contribution in [3.63, 3.8) is 0 Å². The van der Waals surface area contributed by atoms with Gasteiger partial charge in [-0.1, -0.05) is 6.07 Å². The van der Waals surface area contributed by atoms with Gasteiger partial charge in [-0.25, -0.2) is 4.79 Å². The summed E-state index contributed by atoms with van der Waals surface area (Å²) >= 11 is 0. The third-order valence-corrected chi connectivity index (χ3v) is 2.54. The first-order valence-corrected chi connectivity index (χ1v) is 5.24. The molecule has 0 saturated carbocycles. The lowest BCUT2D eigenvalue weighted by Crippen LogP contribution is -2.17. The van der Waals surface area contributed by atoms with E-state index in [0.717, 1.165) is 11.1 Å². The van der Waals surface area contributed by atoms with E-state index in [1.165, 1.54) is 7.11 Å². The second-order valence-corrected chi connectivity index (χ2v) is 3.65. The van der Waals surface area contributed by atoms with E-state index in [2.05, 4.69) is 14.8 Å². The summed E-state index contributed by atoms with van der Waals surface area (Å²) in [7, 11) is 1.37. The maximum Gasteiger partial charge on any atom is 0.330 e.